The maximum atomic E-state index is 12.5. The Labute approximate surface area is 213 Å². The number of carbonyl (C=O) groups excluding carboxylic acids is 1. The SMILES string of the molecule is CCOc1cc(/C=C(/C#N)C(=O)Nc2nnc(C)s2)cc(Cl)c1OCCOc1c(C)cccc1C. The normalized spacial score (nSPS) is 11.0. The summed E-state index contributed by atoms with van der Waals surface area (Å²) in [6, 6.07) is 11.1. The number of carbonyl (C=O) groups is 1. The van der Waals surface area contributed by atoms with Gasteiger partial charge in [0.2, 0.25) is 5.13 Å². The van der Waals surface area contributed by atoms with Crippen LogP contribution in [0.1, 0.15) is 28.6 Å². The molecule has 8 nitrogen and oxygen atoms in total. The van der Waals surface area contributed by atoms with Gasteiger partial charge in [0.25, 0.3) is 5.91 Å². The molecule has 0 radical (unpaired) electrons. The number of nitrogens with zero attached hydrogens (tertiary/aromatic N) is 3. The number of anilines is 1. The van der Waals surface area contributed by atoms with Crippen LogP contribution in [-0.2, 0) is 4.79 Å². The molecule has 0 spiro atoms. The van der Waals surface area contributed by atoms with Crippen LogP contribution in [0.4, 0.5) is 5.13 Å². The van der Waals surface area contributed by atoms with Crippen LogP contribution in [0.5, 0.6) is 17.2 Å². The van der Waals surface area contributed by atoms with Crippen LogP contribution < -0.4 is 19.5 Å². The molecule has 10 heteroatoms. The van der Waals surface area contributed by atoms with Gasteiger partial charge in [0.05, 0.1) is 11.6 Å². The zero-order chi connectivity index (χ0) is 25.4. The van der Waals surface area contributed by atoms with Gasteiger partial charge in [-0.05, 0) is 62.6 Å². The van der Waals surface area contributed by atoms with Crippen molar-refractivity contribution >= 4 is 40.1 Å². The number of ether oxygens (including phenoxy) is 3. The molecule has 0 saturated heterocycles. The lowest BCUT2D eigenvalue weighted by molar-refractivity contribution is -0.112. The number of amides is 1. The molecule has 0 saturated carbocycles. The first kappa shape index (κ1) is 26.0. The quantitative estimate of drug-likeness (QED) is 0.216. The first-order valence-corrected chi connectivity index (χ1v) is 12.0. The molecule has 182 valence electrons. The number of halogens is 1. The van der Waals surface area contributed by atoms with Gasteiger partial charge in [-0.2, -0.15) is 5.26 Å². The molecule has 0 bridgehead atoms. The van der Waals surface area contributed by atoms with Crippen molar-refractivity contribution in [1.29, 1.82) is 5.26 Å². The maximum absolute atomic E-state index is 12.5. The summed E-state index contributed by atoms with van der Waals surface area (Å²) in [4.78, 5) is 12.5. The summed E-state index contributed by atoms with van der Waals surface area (Å²) in [5.74, 6) is 0.999. The van der Waals surface area contributed by atoms with Crippen molar-refractivity contribution in [3.63, 3.8) is 0 Å². The second-order valence-corrected chi connectivity index (χ2v) is 9.02. The molecule has 35 heavy (non-hydrogen) atoms. The van der Waals surface area contributed by atoms with Crippen molar-refractivity contribution in [3.05, 3.63) is 62.6 Å². The van der Waals surface area contributed by atoms with Gasteiger partial charge in [-0.1, -0.05) is 41.1 Å². The van der Waals surface area contributed by atoms with Gasteiger partial charge in [0.1, 0.15) is 35.6 Å². The molecule has 0 atom stereocenters. The number of nitrogens with one attached hydrogen (secondary N) is 1. The number of rotatable bonds is 10. The van der Waals surface area contributed by atoms with Crippen molar-refractivity contribution in [1.82, 2.24) is 10.2 Å². The molecule has 1 amide bonds. The second kappa shape index (κ2) is 12.2. The molecule has 0 unspecified atom stereocenters. The van der Waals surface area contributed by atoms with Crippen LogP contribution in [-0.4, -0.2) is 35.9 Å². The Kier molecular flexibility index (Phi) is 9.06. The Morgan fingerprint density at radius 1 is 1.11 bits per heavy atom. The van der Waals surface area contributed by atoms with E-state index in [1.165, 1.54) is 17.4 Å². The van der Waals surface area contributed by atoms with Crippen LogP contribution in [0.25, 0.3) is 6.08 Å². The van der Waals surface area contributed by atoms with E-state index in [1.807, 2.05) is 45.0 Å². The van der Waals surface area contributed by atoms with Crippen LogP contribution >= 0.6 is 22.9 Å². The summed E-state index contributed by atoms with van der Waals surface area (Å²) in [5.41, 5.74) is 2.49. The van der Waals surface area contributed by atoms with E-state index < -0.39 is 5.91 Å². The van der Waals surface area contributed by atoms with Gasteiger partial charge < -0.3 is 14.2 Å². The maximum Gasteiger partial charge on any atom is 0.268 e. The van der Waals surface area contributed by atoms with Crippen LogP contribution in [0.15, 0.2) is 35.9 Å². The number of hydrogen-bond donors (Lipinski definition) is 1. The summed E-state index contributed by atoms with van der Waals surface area (Å²) in [6.45, 7) is 8.53. The summed E-state index contributed by atoms with van der Waals surface area (Å²) in [5, 5.41) is 21.0. The number of benzene rings is 2. The molecule has 0 aliphatic rings. The number of aromatic nitrogens is 2. The van der Waals surface area contributed by atoms with E-state index in [4.69, 9.17) is 25.8 Å². The molecule has 0 aliphatic carbocycles. The highest BCUT2D eigenvalue weighted by Gasteiger charge is 2.16. The van der Waals surface area contributed by atoms with Gasteiger partial charge in [-0.25, -0.2) is 0 Å². The van der Waals surface area contributed by atoms with Crippen LogP contribution in [0.2, 0.25) is 5.02 Å². The summed E-state index contributed by atoms with van der Waals surface area (Å²) < 4.78 is 17.5. The number of para-hydroxylation sites is 1. The summed E-state index contributed by atoms with van der Waals surface area (Å²) in [6.07, 6.45) is 1.42. The lowest BCUT2D eigenvalue weighted by atomic mass is 10.1. The van der Waals surface area contributed by atoms with E-state index in [2.05, 4.69) is 15.5 Å². The Bertz CT molecular complexity index is 1260. The molecule has 0 aliphatic heterocycles. The van der Waals surface area contributed by atoms with Crippen LogP contribution in [0.3, 0.4) is 0 Å². The van der Waals surface area contributed by atoms with E-state index in [0.29, 0.717) is 40.4 Å². The van der Waals surface area contributed by atoms with Crippen molar-refractivity contribution < 1.29 is 19.0 Å². The van der Waals surface area contributed by atoms with E-state index in [9.17, 15) is 10.1 Å². The van der Waals surface area contributed by atoms with E-state index in [0.717, 1.165) is 16.9 Å². The van der Waals surface area contributed by atoms with Crippen molar-refractivity contribution in [3.8, 4) is 23.3 Å². The zero-order valence-corrected chi connectivity index (χ0v) is 21.4. The molecular weight excluding hydrogens is 488 g/mol. The predicted octanol–water partition coefficient (Wildman–Crippen LogP) is 5.52. The minimum atomic E-state index is -0.596. The van der Waals surface area contributed by atoms with Gasteiger partial charge in [-0.3, -0.25) is 10.1 Å². The smallest absolute Gasteiger partial charge is 0.268 e. The van der Waals surface area contributed by atoms with Crippen molar-refractivity contribution in [2.24, 2.45) is 0 Å². The highest BCUT2D eigenvalue weighted by atomic mass is 35.5. The third kappa shape index (κ3) is 6.94. The molecule has 3 rings (SSSR count). The Hall–Kier alpha value is -3.61. The minimum absolute atomic E-state index is 0.118. The third-order valence-electron chi connectivity index (χ3n) is 4.74. The van der Waals surface area contributed by atoms with Crippen LogP contribution in [0, 0.1) is 32.1 Å². The molecule has 1 aromatic heterocycles. The zero-order valence-electron chi connectivity index (χ0n) is 19.8. The average molecular weight is 513 g/mol. The van der Waals surface area contributed by atoms with Gasteiger partial charge in [0.15, 0.2) is 11.5 Å². The average Bonchev–Trinajstić information content (AvgIpc) is 3.22. The largest absolute Gasteiger partial charge is 0.490 e. The first-order chi connectivity index (χ1) is 16.8. The fourth-order valence-corrected chi connectivity index (χ4v) is 4.08. The Balaban J connectivity index is 1.73. The Morgan fingerprint density at radius 2 is 1.80 bits per heavy atom. The molecular formula is C25H25ClN4O4S. The standard InChI is InChI=1S/C25H25ClN4O4S/c1-5-32-21-13-18(11-19(14-27)24(31)28-25-30-29-17(4)35-25)12-20(26)23(21)34-10-9-33-22-15(2)7-6-8-16(22)3/h6-8,11-13H,5,9-10H2,1-4H3,(H,28,30,31)/b19-11-. The van der Waals surface area contributed by atoms with Gasteiger partial charge in [-0.15, -0.1) is 10.2 Å². The highest BCUT2D eigenvalue weighted by Crippen LogP contribution is 2.37. The topological polar surface area (TPSA) is 106 Å². The lowest BCUT2D eigenvalue weighted by Gasteiger charge is -2.16. The highest BCUT2D eigenvalue weighted by molar-refractivity contribution is 7.15. The van der Waals surface area contributed by atoms with Gasteiger partial charge in [0, 0.05) is 0 Å². The molecule has 2 aromatic carbocycles. The lowest BCUT2D eigenvalue weighted by Crippen LogP contribution is -2.13. The van der Waals surface area contributed by atoms with Crippen molar-refractivity contribution in [2.45, 2.75) is 27.7 Å². The van der Waals surface area contributed by atoms with E-state index in [1.54, 1.807) is 19.1 Å². The molecule has 1 N–H and O–H groups in total. The fraction of sp³-hybridized carbons (Fsp3) is 0.280. The number of aryl methyl sites for hydroxylation is 3. The molecule has 0 fully saturated rings. The number of hydrogen-bond acceptors (Lipinski definition) is 8. The molecule has 1 heterocycles. The monoisotopic (exact) mass is 512 g/mol. The summed E-state index contributed by atoms with van der Waals surface area (Å²) in [7, 11) is 0. The summed E-state index contributed by atoms with van der Waals surface area (Å²) >= 11 is 7.69. The Morgan fingerprint density at radius 3 is 2.40 bits per heavy atom. The number of nitriles is 1. The fourth-order valence-electron chi connectivity index (χ4n) is 3.22. The molecule has 3 aromatic rings. The van der Waals surface area contributed by atoms with E-state index in [-0.39, 0.29) is 17.2 Å². The third-order valence-corrected chi connectivity index (χ3v) is 5.77. The second-order valence-electron chi connectivity index (χ2n) is 7.43. The van der Waals surface area contributed by atoms with Crippen molar-refractivity contribution in [2.75, 3.05) is 25.1 Å². The predicted molar refractivity (Wildman–Crippen MR) is 136 cm³/mol. The first-order valence-electron chi connectivity index (χ1n) is 10.8. The minimum Gasteiger partial charge on any atom is -0.490 e. The van der Waals surface area contributed by atoms with E-state index >= 15 is 0 Å². The van der Waals surface area contributed by atoms with Gasteiger partial charge >= 0.3 is 0 Å².